The molecule has 98 valence electrons. The summed E-state index contributed by atoms with van der Waals surface area (Å²) in [6, 6.07) is 8.98. The molecule has 1 aliphatic rings. The Bertz CT molecular complexity index is 432. The Balaban J connectivity index is 2.10. The monoisotopic (exact) mass is 311 g/mol. The largest absolute Gasteiger partial charge is 0.481 e. The third-order valence-electron chi connectivity index (χ3n) is 3.45. The summed E-state index contributed by atoms with van der Waals surface area (Å²) in [7, 11) is 0. The van der Waals surface area contributed by atoms with Crippen LogP contribution in [0.15, 0.2) is 28.7 Å². The van der Waals surface area contributed by atoms with Gasteiger partial charge in [-0.1, -0.05) is 34.1 Å². The van der Waals surface area contributed by atoms with Gasteiger partial charge in [0.15, 0.2) is 0 Å². The van der Waals surface area contributed by atoms with Gasteiger partial charge in [0.05, 0.1) is 6.42 Å². The molecule has 0 bridgehead atoms. The second kappa shape index (κ2) is 5.85. The first-order valence-electron chi connectivity index (χ1n) is 6.31. The van der Waals surface area contributed by atoms with Crippen LogP contribution in [0.4, 0.5) is 0 Å². The van der Waals surface area contributed by atoms with E-state index in [2.05, 4.69) is 33.8 Å². The second-order valence-corrected chi connectivity index (χ2v) is 5.66. The van der Waals surface area contributed by atoms with E-state index < -0.39 is 5.97 Å². The molecule has 1 aromatic carbocycles. The summed E-state index contributed by atoms with van der Waals surface area (Å²) in [6.07, 6.45) is 2.59. The second-order valence-electron chi connectivity index (χ2n) is 4.81. The van der Waals surface area contributed by atoms with Crippen molar-refractivity contribution in [2.24, 2.45) is 0 Å². The van der Waals surface area contributed by atoms with E-state index in [1.807, 2.05) is 18.2 Å². The van der Waals surface area contributed by atoms with E-state index in [4.69, 9.17) is 5.11 Å². The molecule has 1 aliphatic carbocycles. The molecule has 0 saturated heterocycles. The standard InChI is InChI=1S/C14H18BrNO2/c1-10(12-4-2-3-5-13(12)15)16(11-6-7-11)9-8-14(17)18/h2-5,10-11H,6-9H2,1H3,(H,17,18). The quantitative estimate of drug-likeness (QED) is 0.874. The van der Waals surface area contributed by atoms with Crippen molar-refractivity contribution in [2.75, 3.05) is 6.54 Å². The number of carbonyl (C=O) groups is 1. The van der Waals surface area contributed by atoms with Gasteiger partial charge < -0.3 is 5.11 Å². The maximum Gasteiger partial charge on any atom is 0.304 e. The van der Waals surface area contributed by atoms with Crippen molar-refractivity contribution in [3.63, 3.8) is 0 Å². The molecular formula is C14H18BrNO2. The summed E-state index contributed by atoms with van der Waals surface area (Å²) >= 11 is 3.57. The number of hydrogen-bond acceptors (Lipinski definition) is 2. The van der Waals surface area contributed by atoms with Crippen LogP contribution in [-0.4, -0.2) is 28.6 Å². The number of halogens is 1. The first-order valence-corrected chi connectivity index (χ1v) is 7.11. The molecular weight excluding hydrogens is 294 g/mol. The predicted octanol–water partition coefficient (Wildman–Crippen LogP) is 3.45. The highest BCUT2D eigenvalue weighted by molar-refractivity contribution is 9.10. The molecule has 0 radical (unpaired) electrons. The predicted molar refractivity (Wildman–Crippen MR) is 74.5 cm³/mol. The summed E-state index contributed by atoms with van der Waals surface area (Å²) in [5.74, 6) is -0.722. The number of rotatable bonds is 6. The Morgan fingerprint density at radius 3 is 2.72 bits per heavy atom. The molecule has 0 amide bonds. The number of hydrogen-bond donors (Lipinski definition) is 1. The fourth-order valence-electron chi connectivity index (χ4n) is 2.32. The number of carboxylic acid groups (broad SMARTS) is 1. The normalized spacial score (nSPS) is 16.8. The third kappa shape index (κ3) is 3.33. The number of nitrogens with zero attached hydrogens (tertiary/aromatic N) is 1. The molecule has 0 heterocycles. The molecule has 0 aromatic heterocycles. The van der Waals surface area contributed by atoms with E-state index in [0.29, 0.717) is 12.6 Å². The topological polar surface area (TPSA) is 40.5 Å². The highest BCUT2D eigenvalue weighted by Gasteiger charge is 2.33. The molecule has 18 heavy (non-hydrogen) atoms. The molecule has 1 atom stereocenters. The van der Waals surface area contributed by atoms with Gasteiger partial charge in [-0.15, -0.1) is 0 Å². The van der Waals surface area contributed by atoms with Crippen LogP contribution >= 0.6 is 15.9 Å². The molecule has 1 aromatic rings. The lowest BCUT2D eigenvalue weighted by atomic mass is 10.1. The number of carboxylic acids is 1. The van der Waals surface area contributed by atoms with Crippen LogP contribution < -0.4 is 0 Å². The van der Waals surface area contributed by atoms with E-state index in [9.17, 15) is 4.79 Å². The summed E-state index contributed by atoms with van der Waals surface area (Å²) in [5, 5.41) is 8.84. The van der Waals surface area contributed by atoms with E-state index in [1.165, 1.54) is 18.4 Å². The Labute approximate surface area is 116 Å². The van der Waals surface area contributed by atoms with Crippen LogP contribution in [0.5, 0.6) is 0 Å². The van der Waals surface area contributed by atoms with Crippen LogP contribution in [0.2, 0.25) is 0 Å². The van der Waals surface area contributed by atoms with Gasteiger partial charge in [0.25, 0.3) is 0 Å². The Morgan fingerprint density at radius 2 is 2.17 bits per heavy atom. The summed E-state index contributed by atoms with van der Waals surface area (Å²) in [6.45, 7) is 2.78. The average Bonchev–Trinajstić information content (AvgIpc) is 3.13. The number of aliphatic carboxylic acids is 1. The van der Waals surface area contributed by atoms with Crippen LogP contribution in [-0.2, 0) is 4.79 Å². The highest BCUT2D eigenvalue weighted by atomic mass is 79.9. The van der Waals surface area contributed by atoms with Crippen LogP contribution in [0.3, 0.4) is 0 Å². The molecule has 0 spiro atoms. The molecule has 1 N–H and O–H groups in total. The first kappa shape index (κ1) is 13.6. The average molecular weight is 312 g/mol. The van der Waals surface area contributed by atoms with Crippen molar-refractivity contribution in [2.45, 2.75) is 38.3 Å². The minimum Gasteiger partial charge on any atom is -0.481 e. The van der Waals surface area contributed by atoms with Gasteiger partial charge in [-0.25, -0.2) is 0 Å². The zero-order valence-electron chi connectivity index (χ0n) is 10.5. The van der Waals surface area contributed by atoms with Gasteiger partial charge >= 0.3 is 5.97 Å². The fourth-order valence-corrected chi connectivity index (χ4v) is 2.93. The summed E-state index contributed by atoms with van der Waals surface area (Å²) in [5.41, 5.74) is 1.23. The minimum atomic E-state index is -0.722. The fraction of sp³-hybridized carbons (Fsp3) is 0.500. The third-order valence-corrected chi connectivity index (χ3v) is 4.17. The van der Waals surface area contributed by atoms with Gasteiger partial charge in [0.1, 0.15) is 0 Å². The van der Waals surface area contributed by atoms with Gasteiger partial charge in [0.2, 0.25) is 0 Å². The van der Waals surface area contributed by atoms with Crippen molar-refractivity contribution >= 4 is 21.9 Å². The summed E-state index contributed by atoms with van der Waals surface area (Å²) < 4.78 is 1.10. The number of benzene rings is 1. The van der Waals surface area contributed by atoms with E-state index >= 15 is 0 Å². The van der Waals surface area contributed by atoms with Crippen molar-refractivity contribution < 1.29 is 9.90 Å². The smallest absolute Gasteiger partial charge is 0.304 e. The molecule has 1 fully saturated rings. The maximum absolute atomic E-state index is 10.7. The summed E-state index contributed by atoms with van der Waals surface area (Å²) in [4.78, 5) is 13.1. The highest BCUT2D eigenvalue weighted by Crippen LogP contribution is 2.36. The zero-order valence-corrected chi connectivity index (χ0v) is 12.1. The van der Waals surface area contributed by atoms with Crippen molar-refractivity contribution in [3.8, 4) is 0 Å². The van der Waals surface area contributed by atoms with Crippen LogP contribution in [0.25, 0.3) is 0 Å². The molecule has 2 rings (SSSR count). The van der Waals surface area contributed by atoms with Crippen molar-refractivity contribution in [3.05, 3.63) is 34.3 Å². The van der Waals surface area contributed by atoms with Crippen molar-refractivity contribution in [1.82, 2.24) is 4.90 Å². The maximum atomic E-state index is 10.7. The lowest BCUT2D eigenvalue weighted by Gasteiger charge is -2.29. The van der Waals surface area contributed by atoms with Gasteiger partial charge in [0, 0.05) is 23.1 Å². The van der Waals surface area contributed by atoms with E-state index in [1.54, 1.807) is 0 Å². The molecule has 4 heteroatoms. The van der Waals surface area contributed by atoms with Gasteiger partial charge in [-0.3, -0.25) is 9.69 Å². The lowest BCUT2D eigenvalue weighted by molar-refractivity contribution is -0.137. The van der Waals surface area contributed by atoms with Crippen molar-refractivity contribution in [1.29, 1.82) is 0 Å². The molecule has 1 unspecified atom stereocenters. The minimum absolute atomic E-state index is 0.214. The molecule has 3 nitrogen and oxygen atoms in total. The van der Waals surface area contributed by atoms with Gasteiger partial charge in [-0.2, -0.15) is 0 Å². The SMILES string of the molecule is CC(c1ccccc1Br)N(CCC(=O)O)C1CC1. The Morgan fingerprint density at radius 1 is 1.50 bits per heavy atom. The van der Waals surface area contributed by atoms with Gasteiger partial charge in [-0.05, 0) is 31.4 Å². The van der Waals surface area contributed by atoms with Crippen LogP contribution in [0, 0.1) is 0 Å². The van der Waals surface area contributed by atoms with E-state index in [-0.39, 0.29) is 12.5 Å². The molecule has 0 aliphatic heterocycles. The molecule has 1 saturated carbocycles. The van der Waals surface area contributed by atoms with Crippen LogP contribution in [0.1, 0.15) is 37.8 Å². The zero-order chi connectivity index (χ0) is 13.1. The Kier molecular flexibility index (Phi) is 4.40. The lowest BCUT2D eigenvalue weighted by Crippen LogP contribution is -2.31. The van der Waals surface area contributed by atoms with E-state index in [0.717, 1.165) is 4.47 Å². The Hall–Kier alpha value is -0.870. The first-order chi connectivity index (χ1) is 8.59.